The lowest BCUT2D eigenvalue weighted by Gasteiger charge is -2.03. The predicted octanol–water partition coefficient (Wildman–Crippen LogP) is 0.768. The summed E-state index contributed by atoms with van der Waals surface area (Å²) >= 11 is 0. The smallest absolute Gasteiger partial charge is 0.0964 e. The van der Waals surface area contributed by atoms with Crippen molar-refractivity contribution in [3.05, 3.63) is 0 Å². The minimum atomic E-state index is 0.970. The lowest BCUT2D eigenvalue weighted by Crippen LogP contribution is -2.21. The van der Waals surface area contributed by atoms with Crippen molar-refractivity contribution in [3.8, 4) is 0 Å². The van der Waals surface area contributed by atoms with Crippen molar-refractivity contribution in [1.29, 1.82) is 0 Å². The summed E-state index contributed by atoms with van der Waals surface area (Å²) in [5, 5.41) is 6.65. The van der Waals surface area contributed by atoms with E-state index in [1.54, 1.807) is 0 Å². The first-order valence-corrected chi connectivity index (χ1v) is 4.91. The van der Waals surface area contributed by atoms with Gasteiger partial charge in [-0.15, -0.1) is 0 Å². The van der Waals surface area contributed by atoms with Crippen LogP contribution >= 0.6 is 0 Å². The van der Waals surface area contributed by atoms with E-state index in [1.165, 1.54) is 18.7 Å². The highest BCUT2D eigenvalue weighted by molar-refractivity contribution is 5.83. The average molecular weight is 169 g/mol. The Morgan fingerprint density at radius 2 is 2.42 bits per heavy atom. The van der Waals surface area contributed by atoms with Crippen LogP contribution in [0, 0.1) is 0 Å². The molecule has 0 aromatic rings. The maximum absolute atomic E-state index is 4.33. The monoisotopic (exact) mass is 169 g/mol. The van der Waals surface area contributed by atoms with Crippen LogP contribution in [-0.2, 0) is 0 Å². The van der Waals surface area contributed by atoms with Gasteiger partial charge < -0.3 is 10.6 Å². The molecule has 0 amide bonds. The number of hydrogen-bond acceptors (Lipinski definition) is 3. The molecule has 0 atom stereocenters. The molecule has 0 spiro atoms. The maximum Gasteiger partial charge on any atom is 0.0964 e. The normalized spacial score (nSPS) is 15.9. The highest BCUT2D eigenvalue weighted by Gasteiger charge is 2.02. The maximum atomic E-state index is 4.33. The minimum Gasteiger partial charge on any atom is -0.372 e. The summed E-state index contributed by atoms with van der Waals surface area (Å²) in [6.45, 7) is 6.46. The van der Waals surface area contributed by atoms with Crippen molar-refractivity contribution in [3.63, 3.8) is 0 Å². The molecule has 12 heavy (non-hydrogen) atoms. The van der Waals surface area contributed by atoms with E-state index in [0.717, 1.165) is 32.6 Å². The van der Waals surface area contributed by atoms with Gasteiger partial charge >= 0.3 is 0 Å². The molecule has 0 saturated carbocycles. The molecule has 1 aliphatic rings. The van der Waals surface area contributed by atoms with Gasteiger partial charge in [0.1, 0.15) is 0 Å². The van der Waals surface area contributed by atoms with Gasteiger partial charge in [0.05, 0.1) is 12.4 Å². The van der Waals surface area contributed by atoms with E-state index < -0.39 is 0 Å². The van der Waals surface area contributed by atoms with E-state index in [0.29, 0.717) is 0 Å². The Hall–Kier alpha value is -0.570. The van der Waals surface area contributed by atoms with Gasteiger partial charge in [-0.05, 0) is 25.9 Å². The zero-order valence-electron chi connectivity index (χ0n) is 7.90. The second-order valence-electron chi connectivity index (χ2n) is 3.11. The summed E-state index contributed by atoms with van der Waals surface area (Å²) < 4.78 is 0. The molecule has 0 unspecified atom stereocenters. The molecule has 0 bridgehead atoms. The lowest BCUT2D eigenvalue weighted by molar-refractivity contribution is 0.648. The van der Waals surface area contributed by atoms with Crippen LogP contribution in [0.2, 0.25) is 0 Å². The molecule has 0 fully saturated rings. The molecule has 70 valence electrons. The number of aliphatic imine (C=N–C) groups is 1. The van der Waals surface area contributed by atoms with Gasteiger partial charge in [0.2, 0.25) is 0 Å². The highest BCUT2D eigenvalue weighted by Crippen LogP contribution is 1.94. The third-order valence-corrected chi connectivity index (χ3v) is 1.94. The van der Waals surface area contributed by atoms with Gasteiger partial charge in [-0.2, -0.15) is 0 Å². The third-order valence-electron chi connectivity index (χ3n) is 1.94. The fourth-order valence-electron chi connectivity index (χ4n) is 1.30. The molecule has 3 nitrogen and oxygen atoms in total. The molecule has 0 radical (unpaired) electrons. The van der Waals surface area contributed by atoms with E-state index in [4.69, 9.17) is 0 Å². The fraction of sp³-hybridized carbons (Fsp3) is 0.889. The second-order valence-corrected chi connectivity index (χ2v) is 3.11. The molecule has 0 aromatic heterocycles. The first-order valence-electron chi connectivity index (χ1n) is 4.91. The van der Waals surface area contributed by atoms with Crippen molar-refractivity contribution in [1.82, 2.24) is 10.6 Å². The van der Waals surface area contributed by atoms with Gasteiger partial charge in [0, 0.05) is 13.0 Å². The van der Waals surface area contributed by atoms with Gasteiger partial charge in [-0.25, -0.2) is 0 Å². The topological polar surface area (TPSA) is 36.4 Å². The van der Waals surface area contributed by atoms with Crippen LogP contribution in [0.1, 0.15) is 26.2 Å². The molecule has 1 rings (SSSR count). The van der Waals surface area contributed by atoms with Crippen LogP contribution in [0.5, 0.6) is 0 Å². The fourth-order valence-corrected chi connectivity index (χ4v) is 1.30. The van der Waals surface area contributed by atoms with Crippen LogP contribution < -0.4 is 10.6 Å². The van der Waals surface area contributed by atoms with Gasteiger partial charge in [0.15, 0.2) is 0 Å². The summed E-state index contributed by atoms with van der Waals surface area (Å²) in [6.07, 6.45) is 3.53. The molecule has 2 N–H and O–H groups in total. The van der Waals surface area contributed by atoms with E-state index >= 15 is 0 Å². The quantitative estimate of drug-likeness (QED) is 0.576. The van der Waals surface area contributed by atoms with Crippen LogP contribution in [0.4, 0.5) is 0 Å². The summed E-state index contributed by atoms with van der Waals surface area (Å²) in [5.41, 5.74) is 0. The largest absolute Gasteiger partial charge is 0.372 e. The number of nitrogens with one attached hydrogen (secondary N) is 2. The first kappa shape index (κ1) is 9.52. The van der Waals surface area contributed by atoms with Gasteiger partial charge in [-0.1, -0.05) is 6.92 Å². The molecule has 0 aliphatic carbocycles. The Morgan fingerprint density at radius 1 is 1.50 bits per heavy atom. The van der Waals surface area contributed by atoms with Crippen molar-refractivity contribution in [2.75, 3.05) is 26.2 Å². The summed E-state index contributed by atoms with van der Waals surface area (Å²) in [6, 6.07) is 0. The number of hydrogen-bond donors (Lipinski definition) is 2. The highest BCUT2D eigenvalue weighted by atomic mass is 15.1. The third kappa shape index (κ3) is 3.72. The van der Waals surface area contributed by atoms with Gasteiger partial charge in [-0.3, -0.25) is 4.99 Å². The van der Waals surface area contributed by atoms with E-state index in [1.807, 2.05) is 0 Å². The summed E-state index contributed by atoms with van der Waals surface area (Å²) in [4.78, 5) is 4.33. The summed E-state index contributed by atoms with van der Waals surface area (Å²) in [5.74, 6) is 1.20. The van der Waals surface area contributed by atoms with Crippen molar-refractivity contribution in [2.24, 2.45) is 4.99 Å². The predicted molar refractivity (Wildman–Crippen MR) is 52.7 cm³/mol. The lowest BCUT2D eigenvalue weighted by atomic mass is 10.3. The number of rotatable bonds is 6. The number of amidine groups is 1. The molecule has 0 saturated heterocycles. The zero-order chi connectivity index (χ0) is 8.65. The standard InChI is InChI=1S/C9H19N3/c1-2-5-10-6-3-4-9-11-7-8-12-9/h10H,2-8H2,1H3,(H,11,12). The van der Waals surface area contributed by atoms with Crippen molar-refractivity contribution in [2.45, 2.75) is 26.2 Å². The Kier molecular flexibility index (Phi) is 4.76. The van der Waals surface area contributed by atoms with E-state index in [2.05, 4.69) is 22.5 Å². The van der Waals surface area contributed by atoms with Crippen LogP contribution in [0.15, 0.2) is 4.99 Å². The zero-order valence-corrected chi connectivity index (χ0v) is 7.90. The van der Waals surface area contributed by atoms with Crippen molar-refractivity contribution < 1.29 is 0 Å². The van der Waals surface area contributed by atoms with Crippen molar-refractivity contribution >= 4 is 5.84 Å². The SMILES string of the molecule is CCCNCCCC1=NCCN1. The minimum absolute atomic E-state index is 0.970. The first-order chi connectivity index (χ1) is 5.93. The van der Waals surface area contributed by atoms with Crippen LogP contribution in [-0.4, -0.2) is 32.0 Å². The Balaban J connectivity index is 1.88. The molecule has 1 heterocycles. The molecular weight excluding hydrogens is 150 g/mol. The second kappa shape index (κ2) is 6.00. The average Bonchev–Trinajstić information content (AvgIpc) is 2.57. The van der Waals surface area contributed by atoms with Crippen LogP contribution in [0.3, 0.4) is 0 Å². The summed E-state index contributed by atoms with van der Waals surface area (Å²) in [7, 11) is 0. The molecule has 0 aromatic carbocycles. The Labute approximate surface area is 74.6 Å². The molecule has 1 aliphatic heterocycles. The van der Waals surface area contributed by atoms with Crippen LogP contribution in [0.25, 0.3) is 0 Å². The molecular formula is C9H19N3. The van der Waals surface area contributed by atoms with Gasteiger partial charge in [0.25, 0.3) is 0 Å². The Bertz CT molecular complexity index is 143. The van der Waals surface area contributed by atoms with E-state index in [-0.39, 0.29) is 0 Å². The van der Waals surface area contributed by atoms with E-state index in [9.17, 15) is 0 Å². The molecule has 3 heteroatoms. The number of nitrogens with zero attached hydrogens (tertiary/aromatic N) is 1. The Morgan fingerprint density at radius 3 is 3.08 bits per heavy atom.